The molecule has 5 unspecified atom stereocenters. The Bertz CT molecular complexity index is 636. The summed E-state index contributed by atoms with van der Waals surface area (Å²) < 4.78 is 27.8. The van der Waals surface area contributed by atoms with E-state index in [1.165, 1.54) is 26.0 Å². The van der Waals surface area contributed by atoms with Crippen LogP contribution < -0.4 is 11.4 Å². The summed E-state index contributed by atoms with van der Waals surface area (Å²) in [5, 5.41) is 20.0. The molecule has 4 N–H and O–H groups in total. The summed E-state index contributed by atoms with van der Waals surface area (Å²) >= 11 is 0. The Labute approximate surface area is 126 Å². The van der Waals surface area contributed by atoms with Crippen molar-refractivity contribution in [3.63, 3.8) is 0 Å². The van der Waals surface area contributed by atoms with Crippen molar-refractivity contribution in [2.75, 3.05) is 26.1 Å². The van der Waals surface area contributed by atoms with Gasteiger partial charge in [-0.05, 0) is 6.07 Å². The number of hydrogen-bond donors (Lipinski definition) is 3. The fraction of sp³-hybridized carbons (Fsp3) is 0.636. The minimum absolute atomic E-state index is 0.0289. The first-order valence-electron chi connectivity index (χ1n) is 6.39. The molecular weight excluding hydrogens is 317 g/mol. The molecule has 1 fully saturated rings. The summed E-state index contributed by atoms with van der Waals surface area (Å²) in [6.45, 7) is 0.990. The predicted molar refractivity (Wildman–Crippen MR) is 75.3 cm³/mol. The van der Waals surface area contributed by atoms with Gasteiger partial charge in [0.1, 0.15) is 24.1 Å². The first-order valence-corrected chi connectivity index (χ1v) is 8.38. The van der Waals surface area contributed by atoms with Gasteiger partial charge in [0.2, 0.25) is 0 Å². The van der Waals surface area contributed by atoms with Crippen molar-refractivity contribution in [1.29, 1.82) is 0 Å². The van der Waals surface area contributed by atoms with Gasteiger partial charge < -0.3 is 29.7 Å². The number of aliphatic hydroxyl groups excluding tert-OH is 2. The number of nitrogen functional groups attached to an aromatic ring is 1. The van der Waals surface area contributed by atoms with E-state index >= 15 is 0 Å². The third-order valence-electron chi connectivity index (χ3n) is 3.27. The highest BCUT2D eigenvalue weighted by molar-refractivity contribution is 7.52. The van der Waals surface area contributed by atoms with Gasteiger partial charge in [-0.25, -0.2) is 4.79 Å². The van der Waals surface area contributed by atoms with Crippen LogP contribution in [0.15, 0.2) is 17.1 Å². The van der Waals surface area contributed by atoms with Crippen molar-refractivity contribution in [3.8, 4) is 0 Å². The van der Waals surface area contributed by atoms with Crippen LogP contribution >= 0.6 is 7.60 Å². The lowest BCUT2D eigenvalue weighted by molar-refractivity contribution is -0.0525. The Balaban J connectivity index is 2.13. The molecule has 0 aliphatic carbocycles. The molecule has 0 aromatic carbocycles. The largest absolute Gasteiger partial charge is 0.387 e. The minimum Gasteiger partial charge on any atom is -0.387 e. The number of hydrogen-bond acceptors (Lipinski definition) is 9. The quantitative estimate of drug-likeness (QED) is 0.572. The van der Waals surface area contributed by atoms with Gasteiger partial charge in [0.05, 0.1) is 6.61 Å². The molecule has 22 heavy (non-hydrogen) atoms. The fourth-order valence-electron chi connectivity index (χ4n) is 1.98. The van der Waals surface area contributed by atoms with Crippen LogP contribution in [0.4, 0.5) is 5.82 Å². The maximum absolute atomic E-state index is 11.8. The summed E-state index contributed by atoms with van der Waals surface area (Å²) in [6.07, 6.45) is -3.54. The zero-order valence-corrected chi connectivity index (χ0v) is 12.9. The lowest BCUT2D eigenvalue weighted by Gasteiger charge is -2.17. The van der Waals surface area contributed by atoms with Gasteiger partial charge in [-0.2, -0.15) is 4.98 Å². The summed E-state index contributed by atoms with van der Waals surface area (Å²) in [5.41, 5.74) is 4.66. The van der Waals surface area contributed by atoms with Crippen LogP contribution in [0.25, 0.3) is 0 Å². The molecule has 124 valence electrons. The van der Waals surface area contributed by atoms with Gasteiger partial charge in [0.25, 0.3) is 0 Å². The summed E-state index contributed by atoms with van der Waals surface area (Å²) in [5.74, 6) is 0.0289. The van der Waals surface area contributed by atoms with Crippen molar-refractivity contribution >= 4 is 13.4 Å². The Morgan fingerprint density at radius 2 is 2.18 bits per heavy atom. The van der Waals surface area contributed by atoms with Gasteiger partial charge in [-0.3, -0.25) is 9.13 Å². The van der Waals surface area contributed by atoms with E-state index in [1.807, 2.05) is 0 Å². The molecule has 1 aliphatic heterocycles. The van der Waals surface area contributed by atoms with Gasteiger partial charge in [0.15, 0.2) is 6.23 Å². The van der Waals surface area contributed by atoms with E-state index in [9.17, 15) is 19.6 Å². The first kappa shape index (κ1) is 17.1. The molecular formula is C11H18N3O7P. The second-order valence-corrected chi connectivity index (χ2v) is 7.00. The molecule has 5 atom stereocenters. The SMILES string of the molecule is COP(C)(=O)OCC1OC(n2ccc(N)nc2=O)C(O)C1O. The molecule has 10 nitrogen and oxygen atoms in total. The lowest BCUT2D eigenvalue weighted by Crippen LogP contribution is -2.36. The zero-order valence-electron chi connectivity index (χ0n) is 12.0. The van der Waals surface area contributed by atoms with Crippen molar-refractivity contribution in [2.24, 2.45) is 0 Å². The smallest absolute Gasteiger partial charge is 0.351 e. The molecule has 0 amide bonds. The molecule has 1 aromatic rings. The average molecular weight is 335 g/mol. The number of ether oxygens (including phenoxy) is 1. The van der Waals surface area contributed by atoms with E-state index in [0.717, 1.165) is 4.57 Å². The predicted octanol–water partition coefficient (Wildman–Crippen LogP) is -1.07. The maximum atomic E-state index is 11.8. The van der Waals surface area contributed by atoms with Crippen LogP contribution in [0, 0.1) is 0 Å². The molecule has 0 spiro atoms. The van der Waals surface area contributed by atoms with Crippen molar-refractivity contribution in [2.45, 2.75) is 24.5 Å². The first-order chi connectivity index (χ1) is 10.2. The molecule has 0 bridgehead atoms. The normalized spacial score (nSPS) is 31.1. The molecule has 11 heteroatoms. The Kier molecular flexibility index (Phi) is 5.00. The Hall–Kier alpha value is -1.29. The zero-order chi connectivity index (χ0) is 16.5. The highest BCUT2D eigenvalue weighted by Gasteiger charge is 2.44. The fourth-order valence-corrected chi connectivity index (χ4v) is 2.50. The van der Waals surface area contributed by atoms with Crippen LogP contribution in [0.3, 0.4) is 0 Å². The Morgan fingerprint density at radius 1 is 1.50 bits per heavy atom. The molecule has 1 aromatic heterocycles. The second kappa shape index (κ2) is 6.45. The van der Waals surface area contributed by atoms with Gasteiger partial charge in [-0.1, -0.05) is 0 Å². The Morgan fingerprint density at radius 3 is 2.77 bits per heavy atom. The molecule has 2 heterocycles. The lowest BCUT2D eigenvalue weighted by atomic mass is 10.1. The summed E-state index contributed by atoms with van der Waals surface area (Å²) in [7, 11) is -2.02. The summed E-state index contributed by atoms with van der Waals surface area (Å²) in [4.78, 5) is 15.3. The minimum atomic E-state index is -3.25. The van der Waals surface area contributed by atoms with Crippen molar-refractivity contribution < 1.29 is 28.6 Å². The molecule has 1 aliphatic rings. The number of nitrogens with two attached hydrogens (primary N) is 1. The summed E-state index contributed by atoms with van der Waals surface area (Å²) in [6, 6.07) is 1.36. The average Bonchev–Trinajstić information content (AvgIpc) is 2.73. The van der Waals surface area contributed by atoms with Crippen LogP contribution in [0.1, 0.15) is 6.23 Å². The van der Waals surface area contributed by atoms with E-state index in [1.54, 1.807) is 0 Å². The van der Waals surface area contributed by atoms with Gasteiger partial charge in [-0.15, -0.1) is 0 Å². The van der Waals surface area contributed by atoms with Crippen LogP contribution in [0.2, 0.25) is 0 Å². The third-order valence-corrected chi connectivity index (χ3v) is 4.55. The van der Waals surface area contributed by atoms with Gasteiger partial charge >= 0.3 is 13.3 Å². The highest BCUT2D eigenvalue weighted by Crippen LogP contribution is 2.43. The molecule has 0 radical (unpaired) electrons. The highest BCUT2D eigenvalue weighted by atomic mass is 31.2. The van der Waals surface area contributed by atoms with E-state index in [-0.39, 0.29) is 12.4 Å². The molecule has 0 saturated carbocycles. The van der Waals surface area contributed by atoms with Crippen LogP contribution in [-0.4, -0.2) is 58.5 Å². The van der Waals surface area contributed by atoms with Crippen LogP contribution in [-0.2, 0) is 18.3 Å². The van der Waals surface area contributed by atoms with Gasteiger partial charge in [0, 0.05) is 20.0 Å². The monoisotopic (exact) mass is 335 g/mol. The van der Waals surface area contributed by atoms with Crippen molar-refractivity contribution in [1.82, 2.24) is 9.55 Å². The number of anilines is 1. The standard InChI is InChI=1S/C11H18N3O7P/c1-19-22(2,18)20-5-6-8(15)9(16)10(21-6)14-4-3-7(12)13-11(14)17/h3-4,6,8-10,15-16H,5H2,1-2H3,(H2,12,13,17). The third kappa shape index (κ3) is 3.54. The number of aliphatic hydroxyl groups is 2. The number of rotatable bonds is 5. The molecule has 1 saturated heterocycles. The second-order valence-electron chi connectivity index (χ2n) is 4.84. The maximum Gasteiger partial charge on any atom is 0.351 e. The van der Waals surface area contributed by atoms with E-state index in [4.69, 9.17) is 15.0 Å². The number of nitrogens with zero attached hydrogens (tertiary/aromatic N) is 2. The molecule has 2 rings (SSSR count). The van der Waals surface area contributed by atoms with E-state index in [0.29, 0.717) is 0 Å². The number of aromatic nitrogens is 2. The van der Waals surface area contributed by atoms with Crippen LogP contribution in [0.5, 0.6) is 0 Å². The van der Waals surface area contributed by atoms with E-state index < -0.39 is 37.8 Å². The van der Waals surface area contributed by atoms with Crippen molar-refractivity contribution in [3.05, 3.63) is 22.7 Å². The van der Waals surface area contributed by atoms with E-state index in [2.05, 4.69) is 9.51 Å². The topological polar surface area (TPSA) is 146 Å².